The van der Waals surface area contributed by atoms with Crippen LogP contribution in [0.25, 0.3) is 0 Å². The van der Waals surface area contributed by atoms with Gasteiger partial charge in [-0.25, -0.2) is 13.4 Å². The third kappa shape index (κ3) is 4.04. The fraction of sp³-hybridized carbons (Fsp3) is 0.769. The van der Waals surface area contributed by atoms with Crippen molar-refractivity contribution in [1.82, 2.24) is 13.9 Å². The van der Waals surface area contributed by atoms with E-state index in [0.717, 1.165) is 0 Å². The first-order valence-corrected chi connectivity index (χ1v) is 8.81. The molecule has 0 spiro atoms. The normalized spacial score (nSPS) is 24.3. The van der Waals surface area contributed by atoms with Crippen molar-refractivity contribution in [2.24, 2.45) is 11.7 Å². The van der Waals surface area contributed by atoms with Crippen molar-refractivity contribution in [3.8, 4) is 0 Å². The van der Waals surface area contributed by atoms with Crippen LogP contribution in [0, 0.1) is 5.92 Å². The van der Waals surface area contributed by atoms with Crippen LogP contribution in [0.3, 0.4) is 0 Å². The standard InChI is InChI=1S/C13H21F3N4O2S/c1-9(2)5-19-7-12(18-8-19)23(21,22)20-6-10(17)3-4-11(20)13(14,15)16/h7-11H,3-6,17H2,1-2H3. The summed E-state index contributed by atoms with van der Waals surface area (Å²) in [6, 6.07) is -2.66. The van der Waals surface area contributed by atoms with Gasteiger partial charge in [0.2, 0.25) is 0 Å². The first kappa shape index (κ1) is 18.2. The molecule has 0 saturated carbocycles. The van der Waals surface area contributed by atoms with Gasteiger partial charge in [0.1, 0.15) is 6.04 Å². The highest BCUT2D eigenvalue weighted by molar-refractivity contribution is 7.89. The quantitative estimate of drug-likeness (QED) is 0.890. The summed E-state index contributed by atoms with van der Waals surface area (Å²) in [6.07, 6.45) is -2.25. The number of nitrogens with two attached hydrogens (primary N) is 1. The Labute approximate surface area is 133 Å². The fourth-order valence-corrected chi connectivity index (χ4v) is 4.31. The molecule has 1 aromatic heterocycles. The van der Waals surface area contributed by atoms with E-state index in [4.69, 9.17) is 5.73 Å². The second-order valence-corrected chi connectivity index (χ2v) is 8.11. The van der Waals surface area contributed by atoms with E-state index in [2.05, 4.69) is 4.98 Å². The van der Waals surface area contributed by atoms with Crippen molar-refractivity contribution in [1.29, 1.82) is 0 Å². The van der Waals surface area contributed by atoms with E-state index in [9.17, 15) is 21.6 Å². The molecular weight excluding hydrogens is 333 g/mol. The third-order valence-corrected chi connectivity index (χ3v) is 5.47. The van der Waals surface area contributed by atoms with E-state index in [1.165, 1.54) is 12.5 Å². The van der Waals surface area contributed by atoms with Crippen molar-refractivity contribution in [2.45, 2.75) is 56.5 Å². The Morgan fingerprint density at radius 2 is 2.04 bits per heavy atom. The molecule has 6 nitrogen and oxygen atoms in total. The lowest BCUT2D eigenvalue weighted by atomic mass is 10.0. The zero-order chi connectivity index (χ0) is 17.4. The minimum atomic E-state index is -4.63. The van der Waals surface area contributed by atoms with Gasteiger partial charge in [0.05, 0.1) is 6.33 Å². The summed E-state index contributed by atoms with van der Waals surface area (Å²) in [5, 5.41) is -0.374. The van der Waals surface area contributed by atoms with Crippen LogP contribution < -0.4 is 5.73 Å². The highest BCUT2D eigenvalue weighted by Gasteiger charge is 2.50. The van der Waals surface area contributed by atoms with Crippen LogP contribution in [0.1, 0.15) is 26.7 Å². The van der Waals surface area contributed by atoms with Crippen LogP contribution in [-0.4, -0.2) is 47.1 Å². The molecule has 1 aliphatic rings. The van der Waals surface area contributed by atoms with Crippen LogP contribution in [0.2, 0.25) is 0 Å². The highest BCUT2D eigenvalue weighted by Crippen LogP contribution is 2.34. The first-order valence-electron chi connectivity index (χ1n) is 7.37. The summed E-state index contributed by atoms with van der Waals surface area (Å²) in [7, 11) is -4.34. The summed E-state index contributed by atoms with van der Waals surface area (Å²) < 4.78 is 66.7. The molecule has 1 saturated heterocycles. The third-order valence-electron chi connectivity index (χ3n) is 3.71. The van der Waals surface area contributed by atoms with Crippen LogP contribution in [0.5, 0.6) is 0 Å². The fourth-order valence-electron chi connectivity index (χ4n) is 2.67. The summed E-state index contributed by atoms with van der Waals surface area (Å²) in [6.45, 7) is 4.06. The number of sulfonamides is 1. The molecule has 2 rings (SSSR count). The monoisotopic (exact) mass is 354 g/mol. The molecule has 0 aliphatic carbocycles. The number of rotatable bonds is 4. The molecule has 1 aromatic rings. The molecule has 0 bridgehead atoms. The molecule has 23 heavy (non-hydrogen) atoms. The molecule has 10 heteroatoms. The summed E-state index contributed by atoms with van der Waals surface area (Å²) in [5.41, 5.74) is 5.68. The second kappa shape index (κ2) is 6.40. The van der Waals surface area contributed by atoms with Crippen molar-refractivity contribution >= 4 is 10.0 Å². The smallest absolute Gasteiger partial charge is 0.336 e. The lowest BCUT2D eigenvalue weighted by Gasteiger charge is -2.37. The maximum Gasteiger partial charge on any atom is 0.405 e. The molecule has 2 unspecified atom stereocenters. The lowest BCUT2D eigenvalue weighted by molar-refractivity contribution is -0.178. The van der Waals surface area contributed by atoms with E-state index in [-0.39, 0.29) is 30.3 Å². The Balaban J connectivity index is 2.33. The van der Waals surface area contributed by atoms with E-state index in [1.807, 2.05) is 13.8 Å². The molecule has 2 atom stereocenters. The van der Waals surface area contributed by atoms with E-state index in [1.54, 1.807) is 4.57 Å². The predicted molar refractivity (Wildman–Crippen MR) is 78.0 cm³/mol. The van der Waals surface area contributed by atoms with Crippen LogP contribution >= 0.6 is 0 Å². The number of nitrogens with zero attached hydrogens (tertiary/aromatic N) is 3. The van der Waals surface area contributed by atoms with Crippen molar-refractivity contribution in [3.63, 3.8) is 0 Å². The number of piperidine rings is 1. The van der Waals surface area contributed by atoms with Gasteiger partial charge < -0.3 is 10.3 Å². The number of alkyl halides is 3. The highest BCUT2D eigenvalue weighted by atomic mass is 32.2. The van der Waals surface area contributed by atoms with Crippen molar-refractivity contribution < 1.29 is 21.6 Å². The largest absolute Gasteiger partial charge is 0.405 e. The van der Waals surface area contributed by atoms with Crippen molar-refractivity contribution in [3.05, 3.63) is 12.5 Å². The molecule has 1 fully saturated rings. The van der Waals surface area contributed by atoms with Gasteiger partial charge in [0, 0.05) is 25.3 Å². The number of hydrogen-bond acceptors (Lipinski definition) is 4. The second-order valence-electron chi connectivity index (χ2n) is 6.27. The maximum atomic E-state index is 13.2. The molecule has 0 amide bonds. The molecule has 132 valence electrons. The van der Waals surface area contributed by atoms with Crippen LogP contribution in [0.4, 0.5) is 13.2 Å². The predicted octanol–water partition coefficient (Wildman–Crippen LogP) is 1.58. The topological polar surface area (TPSA) is 81.2 Å². The minimum absolute atomic E-state index is 0.137. The first-order chi connectivity index (χ1) is 10.5. The van der Waals surface area contributed by atoms with E-state index in [0.29, 0.717) is 10.8 Å². The minimum Gasteiger partial charge on any atom is -0.336 e. The number of hydrogen-bond donors (Lipinski definition) is 1. The Kier molecular flexibility index (Phi) is 5.07. The Hall–Kier alpha value is -1.13. The average Bonchev–Trinajstić information content (AvgIpc) is 2.85. The summed E-state index contributed by atoms with van der Waals surface area (Å²) >= 11 is 0. The SMILES string of the molecule is CC(C)Cn1cnc(S(=O)(=O)N2CC(N)CCC2C(F)(F)F)c1. The zero-order valence-corrected chi connectivity index (χ0v) is 13.8. The zero-order valence-electron chi connectivity index (χ0n) is 13.0. The van der Waals surface area contributed by atoms with Crippen LogP contribution in [0.15, 0.2) is 17.6 Å². The molecule has 2 heterocycles. The van der Waals surface area contributed by atoms with E-state index < -0.39 is 28.3 Å². The van der Waals surface area contributed by atoms with Gasteiger partial charge in [-0.2, -0.15) is 17.5 Å². The number of imidazole rings is 1. The molecular formula is C13H21F3N4O2S. The van der Waals surface area contributed by atoms with E-state index >= 15 is 0 Å². The summed E-state index contributed by atoms with van der Waals surface area (Å²) in [5.74, 6) is 0.256. The van der Waals surface area contributed by atoms with Gasteiger partial charge in [0.15, 0.2) is 5.03 Å². The average molecular weight is 354 g/mol. The molecule has 2 N–H and O–H groups in total. The lowest BCUT2D eigenvalue weighted by Crippen LogP contribution is -2.56. The number of aromatic nitrogens is 2. The Morgan fingerprint density at radius 1 is 1.39 bits per heavy atom. The summed E-state index contributed by atoms with van der Waals surface area (Å²) in [4.78, 5) is 3.78. The molecule has 1 aliphatic heterocycles. The maximum absolute atomic E-state index is 13.2. The molecule has 0 radical (unpaired) electrons. The van der Waals surface area contributed by atoms with Gasteiger partial charge >= 0.3 is 6.18 Å². The van der Waals surface area contributed by atoms with Gasteiger partial charge in [-0.15, -0.1) is 0 Å². The van der Waals surface area contributed by atoms with Crippen molar-refractivity contribution in [2.75, 3.05) is 6.54 Å². The van der Waals surface area contributed by atoms with Gasteiger partial charge in [-0.3, -0.25) is 0 Å². The Bertz CT molecular complexity index is 642. The van der Waals surface area contributed by atoms with Gasteiger partial charge in [-0.1, -0.05) is 13.8 Å². The Morgan fingerprint density at radius 3 is 2.61 bits per heavy atom. The number of halogens is 3. The van der Waals surface area contributed by atoms with Gasteiger partial charge in [0.25, 0.3) is 10.0 Å². The van der Waals surface area contributed by atoms with Crippen LogP contribution in [-0.2, 0) is 16.6 Å². The molecule has 0 aromatic carbocycles. The van der Waals surface area contributed by atoms with Gasteiger partial charge in [-0.05, 0) is 18.8 Å².